The van der Waals surface area contributed by atoms with Crippen LogP contribution in [0.15, 0.2) is 78.2 Å². The van der Waals surface area contributed by atoms with Crippen LogP contribution in [0.25, 0.3) is 21.1 Å². The smallest absolute Gasteiger partial charge is 0.411 e. The minimum Gasteiger partial charge on any atom is -0.497 e. The van der Waals surface area contributed by atoms with E-state index >= 15 is 0 Å². The first kappa shape index (κ1) is 26.0. The fraction of sp³-hybridized carbons (Fsp3) is 0.107. The molecule has 0 atom stereocenters. The van der Waals surface area contributed by atoms with E-state index in [1.807, 2.05) is 66.0 Å². The zero-order chi connectivity index (χ0) is 27.2. The lowest BCUT2D eigenvalue weighted by atomic mass is 10.1. The van der Waals surface area contributed by atoms with E-state index in [1.165, 1.54) is 22.7 Å². The normalized spacial score (nSPS) is 10.6. The summed E-state index contributed by atoms with van der Waals surface area (Å²) in [6, 6.07) is 22.4. The maximum atomic E-state index is 12.3. The highest BCUT2D eigenvalue weighted by molar-refractivity contribution is 7.23. The van der Waals surface area contributed by atoms with E-state index in [9.17, 15) is 4.79 Å². The highest BCUT2D eigenvalue weighted by atomic mass is 32.1. The number of hydrogen-bond acceptors (Lipinski definition) is 10. The molecule has 0 radical (unpaired) electrons. The van der Waals surface area contributed by atoms with Crippen molar-refractivity contribution >= 4 is 51.1 Å². The molecule has 5 rings (SSSR count). The molecule has 2 aromatic heterocycles. The van der Waals surface area contributed by atoms with Gasteiger partial charge in [-0.25, -0.2) is 14.8 Å². The first-order valence-corrected chi connectivity index (χ1v) is 13.5. The average Bonchev–Trinajstić information content (AvgIpc) is 3.59. The Morgan fingerprint density at radius 3 is 2.62 bits per heavy atom. The molecule has 0 aliphatic rings. The molecule has 0 saturated heterocycles. The number of anilines is 4. The van der Waals surface area contributed by atoms with Crippen LogP contribution in [0.5, 0.6) is 11.5 Å². The minimum atomic E-state index is -0.527. The van der Waals surface area contributed by atoms with Crippen LogP contribution in [0.4, 0.5) is 27.1 Å². The number of benzene rings is 3. The molecule has 11 heteroatoms. The predicted molar refractivity (Wildman–Crippen MR) is 156 cm³/mol. The fourth-order valence-corrected chi connectivity index (χ4v) is 5.53. The summed E-state index contributed by atoms with van der Waals surface area (Å²) < 4.78 is 16.0. The summed E-state index contributed by atoms with van der Waals surface area (Å²) in [6.07, 6.45) is -0.527. The quantitative estimate of drug-likeness (QED) is 0.176. The van der Waals surface area contributed by atoms with Crippen LogP contribution < -0.4 is 25.8 Å². The van der Waals surface area contributed by atoms with Gasteiger partial charge in [-0.05, 0) is 29.8 Å². The Bertz CT molecular complexity index is 1590. The number of carbonyl (C=O) groups excluding carboxylic acids is 1. The topological polar surface area (TPSA) is 121 Å². The van der Waals surface area contributed by atoms with Gasteiger partial charge in [0.05, 0.1) is 25.6 Å². The number of methoxy groups -OCH3 is 2. The number of nitrogen functional groups attached to an aromatic ring is 1. The molecule has 0 aliphatic heterocycles. The van der Waals surface area contributed by atoms with Crippen LogP contribution in [0.3, 0.4) is 0 Å². The van der Waals surface area contributed by atoms with Crippen LogP contribution in [0.1, 0.15) is 5.56 Å². The van der Waals surface area contributed by atoms with Crippen molar-refractivity contribution < 1.29 is 19.0 Å². The maximum Gasteiger partial charge on any atom is 0.411 e. The van der Waals surface area contributed by atoms with Gasteiger partial charge in [-0.1, -0.05) is 53.8 Å². The lowest BCUT2D eigenvalue weighted by Crippen LogP contribution is -2.13. The summed E-state index contributed by atoms with van der Waals surface area (Å²) in [7, 11) is 3.20. The Morgan fingerprint density at radius 2 is 1.82 bits per heavy atom. The number of thiazole rings is 2. The third-order valence-corrected chi connectivity index (χ3v) is 7.60. The van der Waals surface area contributed by atoms with Gasteiger partial charge in [0, 0.05) is 22.7 Å². The van der Waals surface area contributed by atoms with Crippen LogP contribution in [-0.2, 0) is 11.3 Å². The number of carbonyl (C=O) groups is 1. The monoisotopic (exact) mass is 559 g/mol. The average molecular weight is 560 g/mol. The van der Waals surface area contributed by atoms with Crippen LogP contribution >= 0.6 is 22.7 Å². The number of ether oxygens (including phenoxy) is 3. The van der Waals surface area contributed by atoms with Crippen molar-refractivity contribution in [2.75, 3.05) is 30.6 Å². The molecule has 0 bridgehead atoms. The number of nitrogens with zero attached hydrogens (tertiary/aromatic N) is 2. The molecule has 9 nitrogen and oxygen atoms in total. The molecule has 3 aromatic carbocycles. The number of hydrogen-bond donors (Lipinski definition) is 3. The highest BCUT2D eigenvalue weighted by Gasteiger charge is 2.17. The van der Waals surface area contributed by atoms with Crippen molar-refractivity contribution in [3.8, 4) is 32.6 Å². The van der Waals surface area contributed by atoms with Crippen molar-refractivity contribution in [1.29, 1.82) is 0 Å². The first-order chi connectivity index (χ1) is 19.0. The standard InChI is InChI=1S/C28H25N5O4S2/c1-35-20-11-12-21(23(14-20)36-2)32-27-33-25(29)24(39-27)26-31-22(16-38-26)18-9-6-10-19(13-18)30-28(34)37-15-17-7-4-3-5-8-17/h3-14,16H,15,29H2,1-2H3,(H,30,34)(H,32,33). The second-order valence-corrected chi connectivity index (χ2v) is 10.1. The van der Waals surface area contributed by atoms with E-state index < -0.39 is 6.09 Å². The van der Waals surface area contributed by atoms with Crippen molar-refractivity contribution in [3.05, 3.63) is 83.7 Å². The van der Waals surface area contributed by atoms with E-state index in [4.69, 9.17) is 24.9 Å². The lowest BCUT2D eigenvalue weighted by Gasteiger charge is -2.10. The lowest BCUT2D eigenvalue weighted by molar-refractivity contribution is 0.155. The van der Waals surface area contributed by atoms with E-state index in [-0.39, 0.29) is 6.61 Å². The molecule has 0 fully saturated rings. The third-order valence-electron chi connectivity index (χ3n) is 5.62. The summed E-state index contributed by atoms with van der Waals surface area (Å²) in [5, 5.41) is 9.34. The number of aromatic nitrogens is 2. The van der Waals surface area contributed by atoms with Crippen molar-refractivity contribution in [2.45, 2.75) is 6.61 Å². The molecular weight excluding hydrogens is 534 g/mol. The van der Waals surface area contributed by atoms with Gasteiger partial charge in [0.2, 0.25) is 0 Å². The number of amides is 1. The number of nitrogens with two attached hydrogens (primary N) is 1. The second kappa shape index (κ2) is 11.8. The Morgan fingerprint density at radius 1 is 0.974 bits per heavy atom. The zero-order valence-electron chi connectivity index (χ0n) is 21.1. The summed E-state index contributed by atoms with van der Waals surface area (Å²) in [4.78, 5) is 22.3. The molecule has 2 heterocycles. The summed E-state index contributed by atoms with van der Waals surface area (Å²) in [6.45, 7) is 0.195. The molecule has 1 amide bonds. The van der Waals surface area contributed by atoms with E-state index in [2.05, 4.69) is 15.6 Å². The summed E-state index contributed by atoms with van der Waals surface area (Å²) in [5.74, 6) is 1.70. The Hall–Kier alpha value is -4.61. The molecule has 0 spiro atoms. The van der Waals surface area contributed by atoms with Gasteiger partial charge in [-0.2, -0.15) is 0 Å². The van der Waals surface area contributed by atoms with Gasteiger partial charge in [-0.15, -0.1) is 11.3 Å². The molecule has 4 N–H and O–H groups in total. The number of rotatable bonds is 9. The molecule has 198 valence electrons. The van der Waals surface area contributed by atoms with E-state index in [1.54, 1.807) is 26.4 Å². The molecule has 39 heavy (non-hydrogen) atoms. The first-order valence-electron chi connectivity index (χ1n) is 11.8. The van der Waals surface area contributed by atoms with Crippen LogP contribution in [0.2, 0.25) is 0 Å². The van der Waals surface area contributed by atoms with Gasteiger partial charge in [0.15, 0.2) is 5.13 Å². The maximum absolute atomic E-state index is 12.3. The molecule has 0 unspecified atom stereocenters. The Labute approximate surface area is 233 Å². The third kappa shape index (κ3) is 6.28. The molecule has 5 aromatic rings. The van der Waals surface area contributed by atoms with Crippen LogP contribution in [0, 0.1) is 0 Å². The van der Waals surface area contributed by atoms with E-state index in [0.29, 0.717) is 28.1 Å². The summed E-state index contributed by atoms with van der Waals surface area (Å²) >= 11 is 2.87. The Kier molecular flexibility index (Phi) is 7.90. The SMILES string of the molecule is COc1ccc(Nc2nc(N)c(-c3nc(-c4cccc(NC(=O)OCc5ccccc5)c4)cs3)s2)c(OC)c1. The highest BCUT2D eigenvalue weighted by Crippen LogP contribution is 2.40. The summed E-state index contributed by atoms with van der Waals surface area (Å²) in [5.41, 5.74) is 10.1. The molecule has 0 aliphatic carbocycles. The largest absolute Gasteiger partial charge is 0.497 e. The van der Waals surface area contributed by atoms with Crippen molar-refractivity contribution in [1.82, 2.24) is 9.97 Å². The van der Waals surface area contributed by atoms with Gasteiger partial charge < -0.3 is 25.3 Å². The predicted octanol–water partition coefficient (Wildman–Crippen LogP) is 7.03. The van der Waals surface area contributed by atoms with Crippen LogP contribution in [-0.4, -0.2) is 30.3 Å². The second-order valence-electron chi connectivity index (χ2n) is 8.23. The van der Waals surface area contributed by atoms with Gasteiger partial charge in [0.25, 0.3) is 0 Å². The van der Waals surface area contributed by atoms with E-state index in [0.717, 1.165) is 32.4 Å². The van der Waals surface area contributed by atoms with Gasteiger partial charge in [-0.3, -0.25) is 5.32 Å². The zero-order valence-corrected chi connectivity index (χ0v) is 22.8. The fourth-order valence-electron chi connectivity index (χ4n) is 3.70. The molecule has 0 saturated carbocycles. The number of nitrogens with one attached hydrogen (secondary N) is 2. The van der Waals surface area contributed by atoms with Crippen molar-refractivity contribution in [3.63, 3.8) is 0 Å². The van der Waals surface area contributed by atoms with Crippen molar-refractivity contribution in [2.24, 2.45) is 0 Å². The Balaban J connectivity index is 1.28. The minimum absolute atomic E-state index is 0.195. The van der Waals surface area contributed by atoms with Gasteiger partial charge >= 0.3 is 6.09 Å². The van der Waals surface area contributed by atoms with Gasteiger partial charge in [0.1, 0.15) is 33.8 Å². The molecular formula is C28H25N5O4S2.